The lowest BCUT2D eigenvalue weighted by molar-refractivity contribution is -0.131. The van der Waals surface area contributed by atoms with E-state index in [1.807, 2.05) is 27.7 Å². The molecule has 0 saturated heterocycles. The van der Waals surface area contributed by atoms with Crippen molar-refractivity contribution in [3.05, 3.63) is 0 Å². The van der Waals surface area contributed by atoms with E-state index < -0.39 is 5.41 Å². The number of carbonyl (C=O) groups is 2. The van der Waals surface area contributed by atoms with Crippen LogP contribution in [0.1, 0.15) is 60.3 Å². The van der Waals surface area contributed by atoms with Gasteiger partial charge in [0, 0.05) is 31.5 Å². The molecule has 0 fully saturated rings. The van der Waals surface area contributed by atoms with E-state index in [1.165, 1.54) is 0 Å². The van der Waals surface area contributed by atoms with Crippen LogP contribution in [0.3, 0.4) is 0 Å². The van der Waals surface area contributed by atoms with Gasteiger partial charge >= 0.3 is 0 Å². The van der Waals surface area contributed by atoms with Crippen molar-refractivity contribution >= 4 is 11.8 Å². The van der Waals surface area contributed by atoms with Crippen LogP contribution in [0.25, 0.3) is 0 Å². The van der Waals surface area contributed by atoms with Crippen molar-refractivity contribution < 1.29 is 14.7 Å². The van der Waals surface area contributed by atoms with Crippen LogP contribution in [0.2, 0.25) is 0 Å². The molecule has 0 radical (unpaired) electrons. The number of hydrogen-bond acceptors (Lipinski definition) is 3. The maximum Gasteiger partial charge on any atom is 0.225 e. The first kappa shape index (κ1) is 19.9. The third kappa shape index (κ3) is 7.46. The van der Waals surface area contributed by atoms with Crippen LogP contribution in [-0.2, 0) is 9.59 Å². The number of amides is 2. The van der Waals surface area contributed by atoms with Gasteiger partial charge in [-0.1, -0.05) is 41.0 Å². The molecule has 1 unspecified atom stereocenters. The Balaban J connectivity index is 4.05. The lowest BCUT2D eigenvalue weighted by Crippen LogP contribution is -2.42. The molecule has 1 atom stereocenters. The van der Waals surface area contributed by atoms with Crippen LogP contribution in [0.15, 0.2) is 0 Å². The van der Waals surface area contributed by atoms with E-state index in [1.54, 1.807) is 0 Å². The van der Waals surface area contributed by atoms with Gasteiger partial charge in [0.15, 0.2) is 0 Å². The molecule has 0 aliphatic rings. The number of carbonyl (C=O) groups excluding carboxylic acids is 2. The summed E-state index contributed by atoms with van der Waals surface area (Å²) in [5.74, 6) is -0.0492. The molecule has 0 saturated carbocycles. The first-order valence-electron chi connectivity index (χ1n) is 7.86. The summed E-state index contributed by atoms with van der Waals surface area (Å²) in [4.78, 5) is 23.8. The fourth-order valence-corrected chi connectivity index (χ4v) is 2.15. The Bertz CT molecular complexity index is 342. The van der Waals surface area contributed by atoms with E-state index >= 15 is 0 Å². The minimum atomic E-state index is -0.407. The highest BCUT2D eigenvalue weighted by molar-refractivity contribution is 5.82. The molecule has 0 spiro atoms. The molecule has 0 aromatic carbocycles. The van der Waals surface area contributed by atoms with Crippen LogP contribution < -0.4 is 10.6 Å². The largest absolute Gasteiger partial charge is 0.396 e. The predicted molar refractivity (Wildman–Crippen MR) is 84.8 cm³/mol. The van der Waals surface area contributed by atoms with E-state index in [9.17, 15) is 9.59 Å². The monoisotopic (exact) mass is 300 g/mol. The fourth-order valence-electron chi connectivity index (χ4n) is 2.15. The minimum absolute atomic E-state index is 0.0248. The molecule has 0 aliphatic carbocycles. The van der Waals surface area contributed by atoms with Crippen molar-refractivity contribution in [1.82, 2.24) is 10.6 Å². The topological polar surface area (TPSA) is 78.4 Å². The van der Waals surface area contributed by atoms with Gasteiger partial charge < -0.3 is 15.7 Å². The number of aliphatic hydroxyl groups is 1. The van der Waals surface area contributed by atoms with E-state index in [-0.39, 0.29) is 30.3 Å². The maximum absolute atomic E-state index is 12.1. The van der Waals surface area contributed by atoms with E-state index in [2.05, 4.69) is 17.6 Å². The molecule has 0 aromatic heterocycles. The first-order valence-corrected chi connectivity index (χ1v) is 7.86. The minimum Gasteiger partial charge on any atom is -0.396 e. The first-order chi connectivity index (χ1) is 9.70. The molecule has 21 heavy (non-hydrogen) atoms. The van der Waals surface area contributed by atoms with Gasteiger partial charge in [0.1, 0.15) is 0 Å². The Hall–Kier alpha value is -1.10. The summed E-state index contributed by atoms with van der Waals surface area (Å²) < 4.78 is 0. The van der Waals surface area contributed by atoms with Gasteiger partial charge in [0.25, 0.3) is 0 Å². The number of nitrogens with one attached hydrogen (secondary N) is 2. The summed E-state index contributed by atoms with van der Waals surface area (Å²) in [6.45, 7) is 10.6. The molecule has 5 heteroatoms. The van der Waals surface area contributed by atoms with Crippen LogP contribution in [-0.4, -0.2) is 36.6 Å². The molecule has 3 N–H and O–H groups in total. The predicted octanol–water partition coefficient (Wildman–Crippen LogP) is 1.84. The molecule has 2 amide bonds. The van der Waals surface area contributed by atoms with Gasteiger partial charge in [0.05, 0.1) is 0 Å². The standard InChI is InChI=1S/C16H32N2O3/c1-6-8-16(5,7-2)14(21)18-10-9-17-13(20)11-15(3,4)12-19/h19H,6-12H2,1-5H3,(H,17,20)(H,18,21). The highest BCUT2D eigenvalue weighted by atomic mass is 16.3. The molecule has 0 heterocycles. The van der Waals surface area contributed by atoms with Gasteiger partial charge in [0.2, 0.25) is 11.8 Å². The van der Waals surface area contributed by atoms with Gasteiger partial charge in [-0.15, -0.1) is 0 Å². The second-order valence-electron chi connectivity index (χ2n) is 6.77. The van der Waals surface area contributed by atoms with Gasteiger partial charge in [-0.3, -0.25) is 9.59 Å². The third-order valence-electron chi connectivity index (χ3n) is 3.93. The van der Waals surface area contributed by atoms with Crippen LogP contribution in [0.5, 0.6) is 0 Å². The molecule has 5 nitrogen and oxygen atoms in total. The van der Waals surface area contributed by atoms with Crippen molar-refractivity contribution in [2.24, 2.45) is 10.8 Å². The summed E-state index contributed by atoms with van der Waals surface area (Å²) >= 11 is 0. The third-order valence-corrected chi connectivity index (χ3v) is 3.93. The zero-order chi connectivity index (χ0) is 16.5. The van der Waals surface area contributed by atoms with Gasteiger partial charge in [-0.05, 0) is 18.3 Å². The summed E-state index contributed by atoms with van der Waals surface area (Å²) in [7, 11) is 0. The van der Waals surface area contributed by atoms with Crippen LogP contribution in [0, 0.1) is 10.8 Å². The van der Waals surface area contributed by atoms with E-state index in [0.29, 0.717) is 13.1 Å². The average Bonchev–Trinajstić information content (AvgIpc) is 2.42. The second-order valence-corrected chi connectivity index (χ2v) is 6.77. The Morgan fingerprint density at radius 2 is 1.62 bits per heavy atom. The number of hydrogen-bond donors (Lipinski definition) is 3. The van der Waals surface area contributed by atoms with E-state index in [0.717, 1.165) is 19.3 Å². The Morgan fingerprint density at radius 1 is 1.05 bits per heavy atom. The average molecular weight is 300 g/mol. The van der Waals surface area contributed by atoms with Crippen molar-refractivity contribution in [3.63, 3.8) is 0 Å². The summed E-state index contributed by atoms with van der Waals surface area (Å²) in [5, 5.41) is 14.8. The fraction of sp³-hybridized carbons (Fsp3) is 0.875. The lowest BCUT2D eigenvalue weighted by atomic mass is 9.82. The SMILES string of the molecule is CCCC(C)(CC)C(=O)NCCNC(=O)CC(C)(C)CO. The van der Waals surface area contributed by atoms with Gasteiger partial charge in [-0.25, -0.2) is 0 Å². The second kappa shape index (κ2) is 9.03. The molecule has 0 rings (SSSR count). The van der Waals surface area contributed by atoms with Crippen molar-refractivity contribution in [3.8, 4) is 0 Å². The zero-order valence-corrected chi connectivity index (χ0v) is 14.2. The Kier molecular flexibility index (Phi) is 8.55. The smallest absolute Gasteiger partial charge is 0.225 e. The van der Waals surface area contributed by atoms with Crippen molar-refractivity contribution in [1.29, 1.82) is 0 Å². The lowest BCUT2D eigenvalue weighted by Gasteiger charge is -2.26. The highest BCUT2D eigenvalue weighted by Gasteiger charge is 2.29. The van der Waals surface area contributed by atoms with Gasteiger partial charge in [-0.2, -0.15) is 0 Å². The van der Waals surface area contributed by atoms with Crippen molar-refractivity contribution in [2.75, 3.05) is 19.7 Å². The Morgan fingerprint density at radius 3 is 2.10 bits per heavy atom. The Labute approximate surface area is 128 Å². The summed E-state index contributed by atoms with van der Waals surface area (Å²) in [6.07, 6.45) is 2.93. The van der Waals surface area contributed by atoms with Crippen LogP contribution in [0.4, 0.5) is 0 Å². The molecular weight excluding hydrogens is 268 g/mol. The number of aliphatic hydroxyl groups excluding tert-OH is 1. The molecular formula is C16H32N2O3. The number of rotatable bonds is 10. The highest BCUT2D eigenvalue weighted by Crippen LogP contribution is 2.27. The van der Waals surface area contributed by atoms with Crippen molar-refractivity contribution in [2.45, 2.75) is 60.3 Å². The summed E-state index contributed by atoms with van der Waals surface area (Å²) in [6, 6.07) is 0. The normalized spacial score (nSPS) is 14.4. The van der Waals surface area contributed by atoms with E-state index in [4.69, 9.17) is 5.11 Å². The molecule has 124 valence electrons. The zero-order valence-electron chi connectivity index (χ0n) is 14.2. The molecule has 0 aromatic rings. The molecule has 0 aliphatic heterocycles. The quantitative estimate of drug-likeness (QED) is 0.539. The maximum atomic E-state index is 12.1. The molecule has 0 bridgehead atoms. The van der Waals surface area contributed by atoms with Crippen LogP contribution >= 0.6 is 0 Å². The summed E-state index contributed by atoms with van der Waals surface area (Å²) in [5.41, 5.74) is -0.729.